The third kappa shape index (κ3) is 5.72. The molecule has 0 aromatic heterocycles. The van der Waals surface area contributed by atoms with E-state index in [1.165, 1.54) is 0 Å². The van der Waals surface area contributed by atoms with Crippen LogP contribution >= 0.6 is 11.8 Å². The largest absolute Gasteiger partial charge is 0.396 e. The van der Waals surface area contributed by atoms with E-state index >= 15 is 0 Å². The van der Waals surface area contributed by atoms with Crippen LogP contribution in [0.4, 0.5) is 0 Å². The van der Waals surface area contributed by atoms with Crippen molar-refractivity contribution in [1.29, 1.82) is 0 Å². The lowest BCUT2D eigenvalue weighted by Gasteiger charge is -2.21. The number of nitrogens with one attached hydrogen (secondary N) is 2. The Morgan fingerprint density at radius 2 is 2.38 bits per heavy atom. The van der Waals surface area contributed by atoms with Gasteiger partial charge in [0.2, 0.25) is 5.91 Å². The van der Waals surface area contributed by atoms with E-state index in [1.54, 1.807) is 11.8 Å². The van der Waals surface area contributed by atoms with Crippen LogP contribution in [0.1, 0.15) is 19.3 Å². The van der Waals surface area contributed by atoms with Crippen LogP contribution in [-0.2, 0) is 4.79 Å². The quantitative estimate of drug-likeness (QED) is 0.562. The van der Waals surface area contributed by atoms with Crippen molar-refractivity contribution in [2.45, 2.75) is 19.3 Å². The van der Waals surface area contributed by atoms with Crippen molar-refractivity contribution >= 4 is 17.7 Å². The summed E-state index contributed by atoms with van der Waals surface area (Å²) in [6.45, 7) is 2.86. The van der Waals surface area contributed by atoms with Gasteiger partial charge >= 0.3 is 0 Å². The number of thioether (sulfide) groups is 1. The highest BCUT2D eigenvalue weighted by molar-refractivity contribution is 7.99. The lowest BCUT2D eigenvalue weighted by Crippen LogP contribution is -2.41. The molecule has 16 heavy (non-hydrogen) atoms. The Kier molecular flexibility index (Phi) is 7.63. The number of rotatable bonds is 7. The maximum absolute atomic E-state index is 11.7. The van der Waals surface area contributed by atoms with Crippen molar-refractivity contribution in [3.8, 4) is 0 Å². The molecule has 1 aliphatic rings. The average Bonchev–Trinajstić information content (AvgIpc) is 2.34. The van der Waals surface area contributed by atoms with Crippen molar-refractivity contribution in [3.63, 3.8) is 0 Å². The minimum Gasteiger partial charge on any atom is -0.396 e. The standard InChI is InChI=1S/C11H22N2O2S/c14-6-2-7-16-8-5-13-11(15)10-3-1-4-12-9-10/h10,12,14H,1-9H2,(H,13,15)/t10-/m0/s1. The lowest BCUT2D eigenvalue weighted by molar-refractivity contribution is -0.125. The highest BCUT2D eigenvalue weighted by atomic mass is 32.2. The molecule has 0 saturated carbocycles. The Bertz CT molecular complexity index is 196. The summed E-state index contributed by atoms with van der Waals surface area (Å²) in [4.78, 5) is 11.7. The normalized spacial score (nSPS) is 20.7. The van der Waals surface area contributed by atoms with Crippen molar-refractivity contribution in [2.75, 3.05) is 37.7 Å². The van der Waals surface area contributed by atoms with E-state index in [1.807, 2.05) is 0 Å². The fraction of sp³-hybridized carbons (Fsp3) is 0.909. The molecule has 1 heterocycles. The average molecular weight is 246 g/mol. The van der Waals surface area contributed by atoms with Gasteiger partial charge in [0.1, 0.15) is 0 Å². The zero-order valence-corrected chi connectivity index (χ0v) is 10.5. The molecule has 0 unspecified atom stereocenters. The third-order valence-corrected chi connectivity index (χ3v) is 3.73. The summed E-state index contributed by atoms with van der Waals surface area (Å²) >= 11 is 1.78. The Morgan fingerprint density at radius 3 is 3.06 bits per heavy atom. The Morgan fingerprint density at radius 1 is 1.50 bits per heavy atom. The van der Waals surface area contributed by atoms with Crippen LogP contribution in [0.25, 0.3) is 0 Å². The van der Waals surface area contributed by atoms with E-state index in [2.05, 4.69) is 10.6 Å². The smallest absolute Gasteiger partial charge is 0.224 e. The summed E-state index contributed by atoms with van der Waals surface area (Å²) in [7, 11) is 0. The number of carbonyl (C=O) groups excluding carboxylic acids is 1. The predicted octanol–water partition coefficient (Wildman–Crippen LogP) is 0.218. The van der Waals surface area contributed by atoms with Gasteiger partial charge < -0.3 is 15.7 Å². The zero-order chi connectivity index (χ0) is 11.6. The molecular formula is C11H22N2O2S. The maximum atomic E-state index is 11.7. The highest BCUT2D eigenvalue weighted by Gasteiger charge is 2.19. The van der Waals surface area contributed by atoms with Gasteiger partial charge in [-0.25, -0.2) is 0 Å². The molecule has 4 nitrogen and oxygen atoms in total. The van der Waals surface area contributed by atoms with Crippen molar-refractivity contribution in [3.05, 3.63) is 0 Å². The number of hydrogen-bond donors (Lipinski definition) is 3. The first-order valence-electron chi connectivity index (χ1n) is 6.01. The van der Waals surface area contributed by atoms with Crippen LogP contribution in [0.3, 0.4) is 0 Å². The lowest BCUT2D eigenvalue weighted by atomic mass is 9.99. The van der Waals surface area contributed by atoms with Gasteiger partial charge in [0.05, 0.1) is 5.92 Å². The molecule has 1 fully saturated rings. The van der Waals surface area contributed by atoms with E-state index in [4.69, 9.17) is 5.11 Å². The van der Waals surface area contributed by atoms with Gasteiger partial charge in [0, 0.05) is 25.4 Å². The van der Waals surface area contributed by atoms with E-state index in [0.717, 1.165) is 50.4 Å². The number of amides is 1. The molecule has 1 saturated heterocycles. The molecule has 1 aliphatic heterocycles. The fourth-order valence-corrected chi connectivity index (χ4v) is 2.52. The molecule has 0 radical (unpaired) electrons. The number of piperidine rings is 1. The fourth-order valence-electron chi connectivity index (χ4n) is 1.74. The topological polar surface area (TPSA) is 61.4 Å². The molecule has 0 aromatic carbocycles. The molecule has 0 aromatic rings. The number of hydrogen-bond acceptors (Lipinski definition) is 4. The molecule has 0 spiro atoms. The van der Waals surface area contributed by atoms with Gasteiger partial charge in [0.25, 0.3) is 0 Å². The summed E-state index contributed by atoms with van der Waals surface area (Å²) in [6.07, 6.45) is 2.95. The Hall–Kier alpha value is -0.260. The summed E-state index contributed by atoms with van der Waals surface area (Å²) < 4.78 is 0. The summed E-state index contributed by atoms with van der Waals surface area (Å²) in [5.74, 6) is 2.26. The van der Waals surface area contributed by atoms with Crippen molar-refractivity contribution < 1.29 is 9.90 Å². The second-order valence-corrected chi connectivity index (χ2v) is 5.25. The number of carbonyl (C=O) groups is 1. The van der Waals surface area contributed by atoms with E-state index in [-0.39, 0.29) is 18.4 Å². The van der Waals surface area contributed by atoms with Crippen molar-refractivity contribution in [2.24, 2.45) is 5.92 Å². The molecule has 5 heteroatoms. The van der Waals surface area contributed by atoms with Crippen LogP contribution in [-0.4, -0.2) is 48.8 Å². The predicted molar refractivity (Wildman–Crippen MR) is 67.6 cm³/mol. The van der Waals surface area contributed by atoms with Crippen molar-refractivity contribution in [1.82, 2.24) is 10.6 Å². The van der Waals surface area contributed by atoms with Crippen LogP contribution in [0.5, 0.6) is 0 Å². The van der Waals surface area contributed by atoms with Gasteiger partial charge in [-0.2, -0.15) is 11.8 Å². The summed E-state index contributed by atoms with van der Waals surface area (Å²) in [5.41, 5.74) is 0. The zero-order valence-electron chi connectivity index (χ0n) is 9.71. The SMILES string of the molecule is O=C(NCCSCCCO)[C@H]1CCCNC1. The molecule has 3 N–H and O–H groups in total. The monoisotopic (exact) mass is 246 g/mol. The molecule has 94 valence electrons. The van der Waals surface area contributed by atoms with Gasteiger partial charge in [-0.1, -0.05) is 0 Å². The van der Waals surface area contributed by atoms with Crippen LogP contribution in [0.2, 0.25) is 0 Å². The highest BCUT2D eigenvalue weighted by Crippen LogP contribution is 2.09. The third-order valence-electron chi connectivity index (χ3n) is 2.66. The van der Waals surface area contributed by atoms with Crippen LogP contribution in [0.15, 0.2) is 0 Å². The first-order valence-corrected chi connectivity index (χ1v) is 7.17. The van der Waals surface area contributed by atoms with E-state index in [9.17, 15) is 4.79 Å². The first kappa shape index (κ1) is 13.8. The number of aliphatic hydroxyl groups is 1. The molecule has 1 atom stereocenters. The Balaban J connectivity index is 1.97. The van der Waals surface area contributed by atoms with Gasteiger partial charge in [-0.05, 0) is 31.6 Å². The van der Waals surface area contributed by atoms with Crippen LogP contribution < -0.4 is 10.6 Å². The molecule has 1 rings (SSSR count). The van der Waals surface area contributed by atoms with Crippen LogP contribution in [0, 0.1) is 5.92 Å². The van der Waals surface area contributed by atoms with Gasteiger partial charge in [-0.3, -0.25) is 4.79 Å². The second-order valence-electron chi connectivity index (χ2n) is 4.02. The van der Waals surface area contributed by atoms with E-state index < -0.39 is 0 Å². The van der Waals surface area contributed by atoms with Gasteiger partial charge in [-0.15, -0.1) is 0 Å². The van der Waals surface area contributed by atoms with Gasteiger partial charge in [0.15, 0.2) is 0 Å². The minimum atomic E-state index is 0.163. The minimum absolute atomic E-state index is 0.163. The molecule has 0 bridgehead atoms. The summed E-state index contributed by atoms with van der Waals surface area (Å²) in [5, 5.41) is 14.8. The molecule has 0 aliphatic carbocycles. The molecule has 1 amide bonds. The summed E-state index contributed by atoms with van der Waals surface area (Å²) in [6, 6.07) is 0. The Labute approximate surface area is 102 Å². The second kappa shape index (κ2) is 8.84. The maximum Gasteiger partial charge on any atom is 0.224 e. The number of aliphatic hydroxyl groups excluding tert-OH is 1. The molecular weight excluding hydrogens is 224 g/mol. The van der Waals surface area contributed by atoms with E-state index in [0.29, 0.717) is 0 Å². The first-order chi connectivity index (χ1) is 7.84.